The van der Waals surface area contributed by atoms with Crippen molar-refractivity contribution in [2.24, 2.45) is 0 Å². The number of benzene rings is 2. The topological polar surface area (TPSA) is 117 Å². The molecule has 2 aromatic carbocycles. The summed E-state index contributed by atoms with van der Waals surface area (Å²) in [5.41, 5.74) is -0.951. The normalized spacial score (nSPS) is 17.1. The van der Waals surface area contributed by atoms with Crippen molar-refractivity contribution in [3.63, 3.8) is 0 Å². The van der Waals surface area contributed by atoms with Gasteiger partial charge in [-0.3, -0.25) is 9.59 Å². The molecule has 1 aliphatic heterocycles. The van der Waals surface area contributed by atoms with Crippen molar-refractivity contribution in [3.8, 4) is 0 Å². The van der Waals surface area contributed by atoms with E-state index in [-0.39, 0.29) is 35.8 Å². The van der Waals surface area contributed by atoms with Gasteiger partial charge in [0.05, 0.1) is 23.4 Å². The monoisotopic (exact) mass is 548 g/mol. The van der Waals surface area contributed by atoms with Crippen LogP contribution < -0.4 is 21.3 Å². The van der Waals surface area contributed by atoms with Crippen LogP contribution in [0.5, 0.6) is 0 Å². The molecule has 0 radical (unpaired) electrons. The number of carbonyl (C=O) groups excluding carboxylic acids is 2. The van der Waals surface area contributed by atoms with Gasteiger partial charge in [-0.05, 0) is 35.9 Å². The van der Waals surface area contributed by atoms with Crippen LogP contribution in [0.25, 0.3) is 0 Å². The number of hydrogen-bond donors (Lipinski definition) is 4. The smallest absolute Gasteiger partial charge is 0.378 e. The first-order valence-corrected chi connectivity index (χ1v) is 11.9. The summed E-state index contributed by atoms with van der Waals surface area (Å²) in [6, 6.07) is 10.0. The third-order valence-electron chi connectivity index (χ3n) is 5.92. The molecular weight excluding hydrogens is 525 g/mol. The molecule has 4 N–H and O–H groups in total. The molecule has 3 aromatic rings. The summed E-state index contributed by atoms with van der Waals surface area (Å²) in [6.07, 6.45) is -1.58. The zero-order valence-electron chi connectivity index (χ0n) is 20.2. The van der Waals surface area contributed by atoms with Crippen molar-refractivity contribution in [2.75, 3.05) is 30.9 Å². The molecule has 1 aliphatic rings. The van der Waals surface area contributed by atoms with Crippen molar-refractivity contribution in [1.82, 2.24) is 20.6 Å². The minimum atomic E-state index is -4.57. The van der Waals surface area contributed by atoms with Crippen LogP contribution in [0.4, 0.5) is 30.5 Å². The highest BCUT2D eigenvalue weighted by molar-refractivity contribution is 6.30. The third-order valence-corrected chi connectivity index (χ3v) is 6.15. The Morgan fingerprint density at radius 1 is 1.11 bits per heavy atom. The Balaban J connectivity index is 1.39. The number of anilines is 3. The highest BCUT2D eigenvalue weighted by Crippen LogP contribution is 2.37. The number of amides is 2. The van der Waals surface area contributed by atoms with Crippen LogP contribution >= 0.6 is 11.6 Å². The summed E-state index contributed by atoms with van der Waals surface area (Å²) >= 11 is 5.73. The molecule has 0 bridgehead atoms. The molecule has 2 heterocycles. The van der Waals surface area contributed by atoms with Gasteiger partial charge < -0.3 is 26.0 Å². The molecule has 0 aliphatic carbocycles. The number of ether oxygens (including phenoxy) is 1. The van der Waals surface area contributed by atoms with E-state index in [2.05, 4.69) is 31.2 Å². The number of halogens is 4. The maximum absolute atomic E-state index is 13.4. The molecule has 4 rings (SSSR count). The van der Waals surface area contributed by atoms with E-state index in [9.17, 15) is 22.8 Å². The average molecular weight is 549 g/mol. The van der Waals surface area contributed by atoms with Crippen molar-refractivity contribution in [2.45, 2.75) is 24.7 Å². The minimum Gasteiger partial charge on any atom is -0.378 e. The van der Waals surface area contributed by atoms with E-state index < -0.39 is 29.1 Å². The average Bonchev–Trinajstić information content (AvgIpc) is 3.38. The molecule has 0 spiro atoms. The Morgan fingerprint density at radius 2 is 1.82 bits per heavy atom. The molecule has 1 unspecified atom stereocenters. The molecule has 13 heteroatoms. The standard InChI is InChI=1S/C25H24ClF3N6O3/c1-30-23-32-12-16(13-33-23)21(36)35-24(8-9-38-14-24)22(37)31-11-15-2-5-18(6-3-15)34-20-7-4-17(26)10-19(20)25(27,28)29/h2-7,10,12-13,34H,8-9,11,14H2,1H3,(H,31,37)(H,35,36)(H,30,32,33). The zero-order chi connectivity index (χ0) is 27.3. The van der Waals surface area contributed by atoms with E-state index >= 15 is 0 Å². The predicted octanol–water partition coefficient (Wildman–Crippen LogP) is 4.14. The van der Waals surface area contributed by atoms with Crippen molar-refractivity contribution < 1.29 is 27.5 Å². The van der Waals surface area contributed by atoms with Crippen LogP contribution in [-0.4, -0.2) is 47.6 Å². The molecule has 0 saturated carbocycles. The summed E-state index contributed by atoms with van der Waals surface area (Å²) in [5.74, 6) is -0.577. The zero-order valence-corrected chi connectivity index (χ0v) is 20.9. The van der Waals surface area contributed by atoms with E-state index in [0.717, 1.165) is 6.07 Å². The van der Waals surface area contributed by atoms with E-state index in [4.69, 9.17) is 16.3 Å². The second kappa shape index (κ2) is 11.2. The summed E-state index contributed by atoms with van der Waals surface area (Å²) < 4.78 is 45.5. The molecular formula is C25H24ClF3N6O3. The number of hydrogen-bond acceptors (Lipinski definition) is 7. The van der Waals surface area contributed by atoms with Crippen molar-refractivity contribution in [3.05, 3.63) is 76.6 Å². The van der Waals surface area contributed by atoms with Gasteiger partial charge in [0, 0.05) is 49.7 Å². The largest absolute Gasteiger partial charge is 0.418 e. The number of aromatic nitrogens is 2. The Hall–Kier alpha value is -3.90. The number of rotatable bonds is 8. The van der Waals surface area contributed by atoms with Crippen LogP contribution in [0.2, 0.25) is 5.02 Å². The van der Waals surface area contributed by atoms with Gasteiger partial charge in [0.25, 0.3) is 5.91 Å². The summed E-state index contributed by atoms with van der Waals surface area (Å²) in [6.45, 7) is 0.435. The second-order valence-corrected chi connectivity index (χ2v) is 9.01. The molecule has 200 valence electrons. The highest BCUT2D eigenvalue weighted by atomic mass is 35.5. The quantitative estimate of drug-likeness (QED) is 0.334. The van der Waals surface area contributed by atoms with Crippen molar-refractivity contribution >= 4 is 40.7 Å². The lowest BCUT2D eigenvalue weighted by Crippen LogP contribution is -2.59. The first-order chi connectivity index (χ1) is 18.1. The Morgan fingerprint density at radius 3 is 2.42 bits per heavy atom. The van der Waals surface area contributed by atoms with Crippen molar-refractivity contribution in [1.29, 1.82) is 0 Å². The Bertz CT molecular complexity index is 1300. The highest BCUT2D eigenvalue weighted by Gasteiger charge is 2.43. The van der Waals surface area contributed by atoms with E-state index in [1.54, 1.807) is 31.3 Å². The minimum absolute atomic E-state index is 0.00547. The van der Waals surface area contributed by atoms with E-state index in [1.807, 2.05) is 0 Å². The molecule has 38 heavy (non-hydrogen) atoms. The van der Waals surface area contributed by atoms with Gasteiger partial charge in [-0.2, -0.15) is 13.2 Å². The van der Waals surface area contributed by atoms with Crippen LogP contribution in [-0.2, 0) is 22.3 Å². The van der Waals surface area contributed by atoms with Gasteiger partial charge in [-0.25, -0.2) is 9.97 Å². The van der Waals surface area contributed by atoms with Crippen LogP contribution in [0.1, 0.15) is 27.9 Å². The number of alkyl halides is 3. The van der Waals surface area contributed by atoms with Gasteiger partial charge in [0.1, 0.15) is 5.54 Å². The SMILES string of the molecule is CNc1ncc(C(=O)NC2(C(=O)NCc3ccc(Nc4ccc(Cl)cc4C(F)(F)F)cc3)CCOC2)cn1. The summed E-state index contributed by atoms with van der Waals surface area (Å²) in [7, 11) is 1.65. The molecule has 1 atom stereocenters. The first-order valence-electron chi connectivity index (χ1n) is 11.5. The molecule has 9 nitrogen and oxygen atoms in total. The fourth-order valence-corrected chi connectivity index (χ4v) is 4.01. The van der Waals surface area contributed by atoms with Crippen LogP contribution in [0, 0.1) is 0 Å². The van der Waals surface area contributed by atoms with Gasteiger partial charge in [-0.15, -0.1) is 0 Å². The van der Waals surface area contributed by atoms with Crippen LogP contribution in [0.3, 0.4) is 0 Å². The molecule has 1 aromatic heterocycles. The maximum atomic E-state index is 13.4. The molecule has 2 amide bonds. The first kappa shape index (κ1) is 27.1. The van der Waals surface area contributed by atoms with Gasteiger partial charge in [0.15, 0.2) is 0 Å². The van der Waals surface area contributed by atoms with Gasteiger partial charge in [-0.1, -0.05) is 23.7 Å². The second-order valence-electron chi connectivity index (χ2n) is 8.58. The lowest BCUT2D eigenvalue weighted by Gasteiger charge is -2.27. The summed E-state index contributed by atoms with van der Waals surface area (Å²) in [5, 5.41) is 11.0. The number of nitrogens with one attached hydrogen (secondary N) is 4. The predicted molar refractivity (Wildman–Crippen MR) is 135 cm³/mol. The Kier molecular flexibility index (Phi) is 8.02. The van der Waals surface area contributed by atoms with E-state index in [1.165, 1.54) is 24.5 Å². The fourth-order valence-electron chi connectivity index (χ4n) is 3.84. The fraction of sp³-hybridized carbons (Fsp3) is 0.280. The van der Waals surface area contributed by atoms with Crippen LogP contribution in [0.15, 0.2) is 54.9 Å². The Labute approximate surface area is 221 Å². The lowest BCUT2D eigenvalue weighted by molar-refractivity contribution is -0.137. The molecule has 1 fully saturated rings. The lowest BCUT2D eigenvalue weighted by atomic mass is 9.96. The third kappa shape index (κ3) is 6.32. The number of carbonyl (C=O) groups is 2. The van der Waals surface area contributed by atoms with E-state index in [0.29, 0.717) is 23.8 Å². The summed E-state index contributed by atoms with van der Waals surface area (Å²) in [4.78, 5) is 33.9. The maximum Gasteiger partial charge on any atom is 0.418 e. The molecule has 1 saturated heterocycles. The van der Waals surface area contributed by atoms with Gasteiger partial charge in [0.2, 0.25) is 11.9 Å². The number of nitrogens with zero attached hydrogens (tertiary/aromatic N) is 2. The van der Waals surface area contributed by atoms with Gasteiger partial charge >= 0.3 is 6.18 Å².